The molecule has 1 saturated heterocycles. The molecule has 0 atom stereocenters. The van der Waals surface area contributed by atoms with Crippen molar-refractivity contribution in [2.75, 3.05) is 11.9 Å². The van der Waals surface area contributed by atoms with Crippen LogP contribution in [0.15, 0.2) is 54.6 Å². The van der Waals surface area contributed by atoms with Crippen LogP contribution in [0.4, 0.5) is 18.9 Å². The van der Waals surface area contributed by atoms with Gasteiger partial charge in [-0.05, 0) is 47.9 Å². The zero-order valence-electron chi connectivity index (χ0n) is 15.0. The van der Waals surface area contributed by atoms with Crippen molar-refractivity contribution in [1.82, 2.24) is 4.90 Å². The highest BCUT2D eigenvalue weighted by atomic mass is 19.4. The molecule has 0 spiro atoms. The van der Waals surface area contributed by atoms with Gasteiger partial charge in [-0.25, -0.2) is 0 Å². The van der Waals surface area contributed by atoms with Gasteiger partial charge in [0.05, 0.1) is 5.56 Å². The predicted molar refractivity (Wildman–Crippen MR) is 100 cm³/mol. The maximum Gasteiger partial charge on any atom is 0.416 e. The molecule has 0 saturated carbocycles. The molecule has 7 heteroatoms. The van der Waals surface area contributed by atoms with Crippen molar-refractivity contribution in [3.63, 3.8) is 0 Å². The van der Waals surface area contributed by atoms with E-state index < -0.39 is 17.6 Å². The summed E-state index contributed by atoms with van der Waals surface area (Å²) in [5.74, 6) is -0.328. The first-order valence-electron chi connectivity index (χ1n) is 8.84. The molecule has 3 rings (SSSR count). The van der Waals surface area contributed by atoms with E-state index in [1.807, 2.05) is 6.07 Å². The van der Waals surface area contributed by atoms with Gasteiger partial charge in [0.15, 0.2) is 0 Å². The van der Waals surface area contributed by atoms with Crippen LogP contribution in [0.3, 0.4) is 0 Å². The number of carbonyl (C=O) groups excluding carboxylic acids is 2. The van der Waals surface area contributed by atoms with Gasteiger partial charge in [0.1, 0.15) is 0 Å². The quantitative estimate of drug-likeness (QED) is 0.768. The summed E-state index contributed by atoms with van der Waals surface area (Å²) in [5, 5.41) is 2.68. The van der Waals surface area contributed by atoms with Gasteiger partial charge in [0.25, 0.3) is 0 Å². The molecule has 1 N–H and O–H groups in total. The molecular weight excluding hydrogens is 369 g/mol. The Hall–Kier alpha value is -3.09. The molecule has 0 radical (unpaired) electrons. The number of anilines is 1. The molecule has 4 nitrogen and oxygen atoms in total. The molecule has 0 bridgehead atoms. The van der Waals surface area contributed by atoms with Crippen molar-refractivity contribution in [1.29, 1.82) is 0 Å². The highest BCUT2D eigenvalue weighted by molar-refractivity contribution is 6.02. The second-order valence-electron chi connectivity index (χ2n) is 6.57. The van der Waals surface area contributed by atoms with Crippen LogP contribution in [0.1, 0.15) is 29.5 Å². The lowest BCUT2D eigenvalue weighted by Crippen LogP contribution is -2.23. The summed E-state index contributed by atoms with van der Waals surface area (Å²) in [7, 11) is 0. The first-order valence-corrected chi connectivity index (χ1v) is 8.84. The number of alkyl halides is 3. The molecule has 146 valence electrons. The first kappa shape index (κ1) is 19.7. The van der Waals surface area contributed by atoms with Crippen molar-refractivity contribution in [2.24, 2.45) is 0 Å². The zero-order chi connectivity index (χ0) is 20.1. The lowest BCUT2D eigenvalue weighted by Gasteiger charge is -2.16. The fourth-order valence-corrected chi connectivity index (χ4v) is 3.01. The number of rotatable bonds is 5. The highest BCUT2D eigenvalue weighted by Crippen LogP contribution is 2.29. The fraction of sp³-hybridized carbons (Fsp3) is 0.238. The van der Waals surface area contributed by atoms with Crippen LogP contribution in [0.5, 0.6) is 0 Å². The number of benzene rings is 2. The Labute approximate surface area is 160 Å². The van der Waals surface area contributed by atoms with Gasteiger partial charge < -0.3 is 10.2 Å². The van der Waals surface area contributed by atoms with E-state index in [1.165, 1.54) is 24.3 Å². The molecule has 2 aromatic carbocycles. The van der Waals surface area contributed by atoms with Crippen LogP contribution in [-0.4, -0.2) is 23.3 Å². The Bertz CT molecular complexity index is 907. The first-order chi connectivity index (χ1) is 13.3. The second-order valence-corrected chi connectivity index (χ2v) is 6.57. The highest BCUT2D eigenvalue weighted by Gasteiger charge is 2.30. The van der Waals surface area contributed by atoms with Crippen molar-refractivity contribution >= 4 is 23.6 Å². The van der Waals surface area contributed by atoms with Gasteiger partial charge in [-0.3, -0.25) is 9.59 Å². The number of hydrogen-bond acceptors (Lipinski definition) is 2. The van der Waals surface area contributed by atoms with Gasteiger partial charge in [0, 0.05) is 31.3 Å². The summed E-state index contributed by atoms with van der Waals surface area (Å²) >= 11 is 0. The smallest absolute Gasteiger partial charge is 0.338 e. The Kier molecular flexibility index (Phi) is 5.82. The minimum absolute atomic E-state index is 0.124. The van der Waals surface area contributed by atoms with Crippen LogP contribution in [0.2, 0.25) is 0 Å². The molecule has 0 unspecified atom stereocenters. The van der Waals surface area contributed by atoms with Crippen LogP contribution < -0.4 is 5.32 Å². The number of halogens is 3. The second kappa shape index (κ2) is 8.29. The van der Waals surface area contributed by atoms with E-state index in [9.17, 15) is 22.8 Å². The Balaban J connectivity index is 1.62. The monoisotopic (exact) mass is 388 g/mol. The number of nitrogens with one attached hydrogen (secondary N) is 1. The molecule has 0 aromatic heterocycles. The van der Waals surface area contributed by atoms with Gasteiger partial charge in [-0.1, -0.05) is 24.3 Å². The topological polar surface area (TPSA) is 49.4 Å². The van der Waals surface area contributed by atoms with E-state index in [-0.39, 0.29) is 11.5 Å². The van der Waals surface area contributed by atoms with Crippen molar-refractivity contribution in [2.45, 2.75) is 25.6 Å². The molecule has 1 heterocycles. The van der Waals surface area contributed by atoms with Crippen LogP contribution >= 0.6 is 0 Å². The summed E-state index contributed by atoms with van der Waals surface area (Å²) < 4.78 is 38.2. The number of hydrogen-bond donors (Lipinski definition) is 1. The van der Waals surface area contributed by atoms with Gasteiger partial charge >= 0.3 is 6.18 Å². The number of nitrogens with zero attached hydrogens (tertiary/aromatic N) is 1. The largest absolute Gasteiger partial charge is 0.416 e. The summed E-state index contributed by atoms with van der Waals surface area (Å²) in [4.78, 5) is 25.6. The van der Waals surface area contributed by atoms with E-state index >= 15 is 0 Å². The average Bonchev–Trinajstić information content (AvgIpc) is 3.04. The van der Waals surface area contributed by atoms with Crippen molar-refractivity contribution in [3.05, 3.63) is 71.3 Å². The lowest BCUT2D eigenvalue weighted by atomic mass is 10.1. The van der Waals surface area contributed by atoms with E-state index in [1.54, 1.807) is 23.1 Å². The number of amides is 2. The number of likely N-dealkylation sites (tertiary alicyclic amines) is 1. The van der Waals surface area contributed by atoms with E-state index in [0.29, 0.717) is 18.7 Å². The third-order valence-corrected chi connectivity index (χ3v) is 4.38. The Morgan fingerprint density at radius 3 is 2.64 bits per heavy atom. The van der Waals surface area contributed by atoms with Gasteiger partial charge in [-0.2, -0.15) is 13.2 Å². The summed E-state index contributed by atoms with van der Waals surface area (Å²) in [6.45, 7) is 1.22. The van der Waals surface area contributed by atoms with Crippen molar-refractivity contribution in [3.8, 4) is 0 Å². The Morgan fingerprint density at radius 2 is 1.93 bits per heavy atom. The summed E-state index contributed by atoms with van der Waals surface area (Å²) in [6.07, 6.45) is -0.487. The minimum atomic E-state index is -4.43. The molecule has 1 fully saturated rings. The molecule has 2 aromatic rings. The predicted octanol–water partition coefficient (Wildman–Crippen LogP) is 4.48. The van der Waals surface area contributed by atoms with Gasteiger partial charge in [-0.15, -0.1) is 0 Å². The Morgan fingerprint density at radius 1 is 1.14 bits per heavy atom. The fourth-order valence-electron chi connectivity index (χ4n) is 3.01. The summed E-state index contributed by atoms with van der Waals surface area (Å²) in [5.41, 5.74) is 0.975. The molecule has 0 aliphatic carbocycles. The third kappa shape index (κ3) is 5.22. The zero-order valence-corrected chi connectivity index (χ0v) is 15.0. The maximum absolute atomic E-state index is 12.7. The van der Waals surface area contributed by atoms with E-state index in [4.69, 9.17) is 0 Å². The van der Waals surface area contributed by atoms with Gasteiger partial charge in [0.2, 0.25) is 11.8 Å². The van der Waals surface area contributed by atoms with E-state index in [0.717, 1.165) is 30.7 Å². The van der Waals surface area contributed by atoms with Crippen LogP contribution in [0, 0.1) is 0 Å². The minimum Gasteiger partial charge on any atom is -0.338 e. The third-order valence-electron chi connectivity index (χ3n) is 4.38. The molecular formula is C21H19F3N2O2. The lowest BCUT2D eigenvalue weighted by molar-refractivity contribution is -0.137. The normalized spacial score (nSPS) is 14.7. The SMILES string of the molecule is O=C(/C=C/c1cccc(C(F)(F)F)c1)Nc1cccc(CN2CCCC2=O)c1. The average molecular weight is 388 g/mol. The molecule has 1 aliphatic rings. The molecule has 28 heavy (non-hydrogen) atoms. The van der Waals surface area contributed by atoms with Crippen LogP contribution in [-0.2, 0) is 22.3 Å². The van der Waals surface area contributed by atoms with E-state index in [2.05, 4.69) is 5.32 Å². The maximum atomic E-state index is 12.7. The molecule has 2 amide bonds. The molecule has 1 aliphatic heterocycles. The van der Waals surface area contributed by atoms with Crippen LogP contribution in [0.25, 0.3) is 6.08 Å². The van der Waals surface area contributed by atoms with Crippen molar-refractivity contribution < 1.29 is 22.8 Å². The standard InChI is InChI=1S/C21H19F3N2O2/c22-21(23,24)17-6-1-4-15(12-17)9-10-19(27)25-18-7-2-5-16(13-18)14-26-11-3-8-20(26)28/h1-2,4-7,9-10,12-13H,3,8,11,14H2,(H,25,27)/b10-9+. The summed E-state index contributed by atoms with van der Waals surface area (Å²) in [6, 6.07) is 11.9. The number of carbonyl (C=O) groups is 2.